The largest absolute Gasteiger partial charge is 0.497 e. The lowest BCUT2D eigenvalue weighted by Crippen LogP contribution is -2.40. The molecule has 134 valence electrons. The van der Waals surface area contributed by atoms with Crippen molar-refractivity contribution in [2.75, 3.05) is 18.6 Å². The summed E-state index contributed by atoms with van der Waals surface area (Å²) in [5.74, 6) is 0.998. The molecule has 1 aliphatic heterocycles. The van der Waals surface area contributed by atoms with Crippen LogP contribution in [0.4, 0.5) is 0 Å². The maximum Gasteiger partial charge on any atom is 0.254 e. The molecule has 1 saturated heterocycles. The van der Waals surface area contributed by atoms with Crippen LogP contribution in [0.25, 0.3) is 0 Å². The van der Waals surface area contributed by atoms with E-state index in [-0.39, 0.29) is 30.0 Å². The van der Waals surface area contributed by atoms with E-state index in [1.165, 1.54) is 7.11 Å². The Bertz CT molecular complexity index is 877. The van der Waals surface area contributed by atoms with Crippen molar-refractivity contribution in [3.8, 4) is 5.75 Å². The molecule has 1 aliphatic rings. The molecule has 0 unspecified atom stereocenters. The summed E-state index contributed by atoms with van der Waals surface area (Å²) in [4.78, 5) is 14.6. The summed E-state index contributed by atoms with van der Waals surface area (Å²) >= 11 is 3.24. The molecule has 1 aromatic heterocycles. The molecule has 0 bridgehead atoms. The first-order valence-corrected chi connectivity index (χ1v) is 10.4. The predicted octanol–water partition coefficient (Wildman–Crippen LogP) is 2.88. The summed E-state index contributed by atoms with van der Waals surface area (Å²) in [5, 5.41) is 0. The van der Waals surface area contributed by atoms with E-state index in [1.807, 2.05) is 0 Å². The maximum absolute atomic E-state index is 13.0. The van der Waals surface area contributed by atoms with E-state index in [0.717, 1.165) is 0 Å². The van der Waals surface area contributed by atoms with Gasteiger partial charge >= 0.3 is 0 Å². The predicted molar refractivity (Wildman–Crippen MR) is 96.3 cm³/mol. The summed E-state index contributed by atoms with van der Waals surface area (Å²) in [5.41, 5.74) is 0.453. The first-order valence-electron chi connectivity index (χ1n) is 7.77. The summed E-state index contributed by atoms with van der Waals surface area (Å²) in [7, 11) is -1.58. The monoisotopic (exact) mass is 427 g/mol. The molecule has 0 spiro atoms. The minimum absolute atomic E-state index is 0.0232. The molecule has 1 atom stereocenters. The molecule has 0 radical (unpaired) electrons. The topological polar surface area (TPSA) is 76.8 Å². The third-order valence-corrected chi connectivity index (χ3v) is 6.36. The normalized spacial score (nSPS) is 18.9. The van der Waals surface area contributed by atoms with Crippen molar-refractivity contribution in [1.29, 1.82) is 0 Å². The van der Waals surface area contributed by atoms with Crippen LogP contribution >= 0.6 is 15.9 Å². The number of methoxy groups -OCH3 is 1. The number of ether oxygens (including phenoxy) is 1. The SMILES string of the molecule is COc1cccc(C(=O)N(Cc2ccc(Br)o2)[C@@H]2CCS(=O)(=O)C2)c1. The smallest absolute Gasteiger partial charge is 0.254 e. The molecule has 2 heterocycles. The minimum Gasteiger partial charge on any atom is -0.497 e. The van der Waals surface area contributed by atoms with Gasteiger partial charge in [0.05, 0.1) is 25.2 Å². The number of carbonyl (C=O) groups excluding carboxylic acids is 1. The van der Waals surface area contributed by atoms with Crippen molar-refractivity contribution in [3.63, 3.8) is 0 Å². The van der Waals surface area contributed by atoms with Crippen LogP contribution in [-0.2, 0) is 16.4 Å². The van der Waals surface area contributed by atoms with Crippen molar-refractivity contribution < 1.29 is 22.4 Å². The van der Waals surface area contributed by atoms with Crippen molar-refractivity contribution in [3.05, 3.63) is 52.4 Å². The second-order valence-electron chi connectivity index (χ2n) is 5.93. The molecule has 1 fully saturated rings. The van der Waals surface area contributed by atoms with Crippen molar-refractivity contribution >= 4 is 31.7 Å². The fourth-order valence-electron chi connectivity index (χ4n) is 2.91. The van der Waals surface area contributed by atoms with Crippen LogP contribution in [-0.4, -0.2) is 43.9 Å². The zero-order valence-corrected chi connectivity index (χ0v) is 16.0. The van der Waals surface area contributed by atoms with Gasteiger partial charge in [-0.3, -0.25) is 4.79 Å². The number of sulfone groups is 1. The average molecular weight is 428 g/mol. The molecule has 2 aromatic rings. The van der Waals surface area contributed by atoms with Crippen molar-refractivity contribution in [1.82, 2.24) is 4.90 Å². The minimum atomic E-state index is -3.11. The highest BCUT2D eigenvalue weighted by Crippen LogP contribution is 2.25. The molecule has 6 nitrogen and oxygen atoms in total. The molecule has 0 N–H and O–H groups in total. The summed E-state index contributed by atoms with van der Waals surface area (Å²) in [6.07, 6.45) is 0.430. The van der Waals surface area contributed by atoms with Crippen LogP contribution in [0, 0.1) is 0 Å². The Morgan fingerprint density at radius 3 is 2.76 bits per heavy atom. The van der Waals surface area contributed by atoms with Crippen LogP contribution in [0.1, 0.15) is 22.5 Å². The number of amides is 1. The Morgan fingerprint density at radius 2 is 2.16 bits per heavy atom. The van der Waals surface area contributed by atoms with E-state index in [9.17, 15) is 13.2 Å². The summed E-state index contributed by atoms with van der Waals surface area (Å²) in [6.45, 7) is 0.210. The lowest BCUT2D eigenvalue weighted by molar-refractivity contribution is 0.0665. The number of hydrogen-bond donors (Lipinski definition) is 0. The molecule has 0 saturated carbocycles. The Balaban J connectivity index is 1.90. The Kier molecular flexibility index (Phi) is 5.19. The van der Waals surface area contributed by atoms with Crippen molar-refractivity contribution in [2.24, 2.45) is 0 Å². The van der Waals surface area contributed by atoms with Gasteiger partial charge in [0.25, 0.3) is 5.91 Å². The third kappa shape index (κ3) is 4.24. The average Bonchev–Trinajstić information content (AvgIpc) is 3.17. The van der Waals surface area contributed by atoms with Gasteiger partial charge in [0.1, 0.15) is 11.5 Å². The second kappa shape index (κ2) is 7.21. The summed E-state index contributed by atoms with van der Waals surface area (Å²) in [6, 6.07) is 9.97. The number of rotatable bonds is 5. The van der Waals surface area contributed by atoms with E-state index in [0.29, 0.717) is 28.2 Å². The van der Waals surface area contributed by atoms with Gasteiger partial charge in [0.15, 0.2) is 14.5 Å². The van der Waals surface area contributed by atoms with E-state index in [2.05, 4.69) is 15.9 Å². The zero-order chi connectivity index (χ0) is 18.0. The van der Waals surface area contributed by atoms with E-state index in [1.54, 1.807) is 41.3 Å². The van der Waals surface area contributed by atoms with Gasteiger partial charge in [-0.05, 0) is 52.7 Å². The fraction of sp³-hybridized carbons (Fsp3) is 0.353. The molecular formula is C17H18BrNO5S. The number of carbonyl (C=O) groups is 1. The van der Waals surface area contributed by atoms with Gasteiger partial charge < -0.3 is 14.1 Å². The van der Waals surface area contributed by atoms with Crippen LogP contribution < -0.4 is 4.74 Å². The van der Waals surface area contributed by atoms with Gasteiger partial charge in [-0.2, -0.15) is 0 Å². The lowest BCUT2D eigenvalue weighted by atomic mass is 10.1. The zero-order valence-electron chi connectivity index (χ0n) is 13.6. The molecule has 25 heavy (non-hydrogen) atoms. The molecule has 0 aliphatic carbocycles. The molecule has 1 aromatic carbocycles. The van der Waals surface area contributed by atoms with Crippen LogP contribution in [0.2, 0.25) is 0 Å². The van der Waals surface area contributed by atoms with E-state index >= 15 is 0 Å². The number of halogens is 1. The number of nitrogens with zero attached hydrogens (tertiary/aromatic N) is 1. The first-order chi connectivity index (χ1) is 11.9. The Morgan fingerprint density at radius 1 is 1.36 bits per heavy atom. The maximum atomic E-state index is 13.0. The quantitative estimate of drug-likeness (QED) is 0.732. The Hall–Kier alpha value is -1.80. The van der Waals surface area contributed by atoms with Gasteiger partial charge in [0, 0.05) is 11.6 Å². The van der Waals surface area contributed by atoms with Crippen molar-refractivity contribution in [2.45, 2.75) is 19.0 Å². The Labute approximate surface area is 154 Å². The molecule has 3 rings (SSSR count). The number of furan rings is 1. The molecule has 8 heteroatoms. The molecular weight excluding hydrogens is 410 g/mol. The lowest BCUT2D eigenvalue weighted by Gasteiger charge is -2.27. The standard InChI is InChI=1S/C17H18BrNO5S/c1-23-14-4-2-3-12(9-14)17(20)19(10-15-5-6-16(18)24-15)13-7-8-25(21,22)11-13/h2-6,9,13H,7-8,10-11H2,1H3/t13-/m1/s1. The third-order valence-electron chi connectivity index (χ3n) is 4.18. The van der Waals surface area contributed by atoms with Gasteiger partial charge in [-0.15, -0.1) is 0 Å². The van der Waals surface area contributed by atoms with Gasteiger partial charge in [-0.25, -0.2) is 8.42 Å². The molecule has 1 amide bonds. The van der Waals surface area contributed by atoms with E-state index < -0.39 is 9.84 Å². The van der Waals surface area contributed by atoms with Crippen LogP contribution in [0.15, 0.2) is 45.5 Å². The highest BCUT2D eigenvalue weighted by Gasteiger charge is 2.35. The second-order valence-corrected chi connectivity index (χ2v) is 8.94. The summed E-state index contributed by atoms with van der Waals surface area (Å²) < 4.78 is 35.0. The van der Waals surface area contributed by atoms with Gasteiger partial charge in [0.2, 0.25) is 0 Å². The first kappa shape index (κ1) is 18.0. The number of hydrogen-bond acceptors (Lipinski definition) is 5. The van der Waals surface area contributed by atoms with Crippen LogP contribution in [0.3, 0.4) is 0 Å². The van der Waals surface area contributed by atoms with Crippen LogP contribution in [0.5, 0.6) is 5.75 Å². The van der Waals surface area contributed by atoms with E-state index in [4.69, 9.17) is 9.15 Å². The fourth-order valence-corrected chi connectivity index (χ4v) is 4.99. The highest BCUT2D eigenvalue weighted by molar-refractivity contribution is 9.10. The van der Waals surface area contributed by atoms with Gasteiger partial charge in [-0.1, -0.05) is 6.07 Å². The number of benzene rings is 1. The highest BCUT2D eigenvalue weighted by atomic mass is 79.9.